The van der Waals surface area contributed by atoms with E-state index in [1.54, 1.807) is 0 Å². The summed E-state index contributed by atoms with van der Waals surface area (Å²) in [5, 5.41) is 6.91. The van der Waals surface area contributed by atoms with Gasteiger partial charge in [0.1, 0.15) is 17.5 Å². The third kappa shape index (κ3) is 4.73. The molecule has 4 aliphatic rings. The van der Waals surface area contributed by atoms with Crippen LogP contribution in [0.15, 0.2) is 42.5 Å². The lowest BCUT2D eigenvalue weighted by Gasteiger charge is -2.27. The van der Waals surface area contributed by atoms with E-state index in [-0.39, 0.29) is 23.7 Å². The van der Waals surface area contributed by atoms with Crippen molar-refractivity contribution in [1.29, 1.82) is 0 Å². The van der Waals surface area contributed by atoms with Crippen molar-refractivity contribution in [2.75, 3.05) is 13.2 Å². The van der Waals surface area contributed by atoms with Crippen LogP contribution in [0, 0.1) is 0 Å². The molecule has 5 heteroatoms. The number of carbonyl (C=O) groups excluding carboxylic acids is 1. The van der Waals surface area contributed by atoms with Crippen molar-refractivity contribution >= 4 is 5.91 Å². The van der Waals surface area contributed by atoms with Crippen LogP contribution in [0.2, 0.25) is 0 Å². The first-order valence-electron chi connectivity index (χ1n) is 13.2. The van der Waals surface area contributed by atoms with Crippen molar-refractivity contribution in [3.63, 3.8) is 0 Å². The molecule has 3 fully saturated rings. The monoisotopic (exact) mass is 460 g/mol. The summed E-state index contributed by atoms with van der Waals surface area (Å²) >= 11 is 0. The highest BCUT2D eigenvalue weighted by Crippen LogP contribution is 2.49. The molecule has 0 bridgehead atoms. The van der Waals surface area contributed by atoms with Crippen molar-refractivity contribution in [3.8, 4) is 5.75 Å². The Bertz CT molecular complexity index is 1020. The van der Waals surface area contributed by atoms with Crippen LogP contribution in [0.3, 0.4) is 0 Å². The normalized spacial score (nSPS) is 27.8. The van der Waals surface area contributed by atoms with Gasteiger partial charge in [-0.25, -0.2) is 0 Å². The highest BCUT2D eigenvalue weighted by molar-refractivity contribution is 5.94. The zero-order valence-electron chi connectivity index (χ0n) is 20.0. The van der Waals surface area contributed by atoms with Gasteiger partial charge in [-0.2, -0.15) is 0 Å². The van der Waals surface area contributed by atoms with Crippen LogP contribution in [0.4, 0.5) is 0 Å². The van der Waals surface area contributed by atoms with Crippen LogP contribution in [0.1, 0.15) is 72.0 Å². The molecule has 1 spiro atoms. The minimum Gasteiger partial charge on any atom is -0.487 e. The molecule has 1 saturated heterocycles. The number of amides is 1. The van der Waals surface area contributed by atoms with E-state index in [9.17, 15) is 4.79 Å². The first-order valence-corrected chi connectivity index (χ1v) is 13.2. The molecule has 0 aromatic heterocycles. The first kappa shape index (κ1) is 22.1. The van der Waals surface area contributed by atoms with Crippen LogP contribution in [0.25, 0.3) is 0 Å². The van der Waals surface area contributed by atoms with Gasteiger partial charge in [0, 0.05) is 30.7 Å². The predicted octanol–water partition coefficient (Wildman–Crippen LogP) is 4.36. The molecule has 180 valence electrons. The summed E-state index contributed by atoms with van der Waals surface area (Å²) in [6.07, 6.45) is 11.5. The molecular weight excluding hydrogens is 424 g/mol. The highest BCUT2D eigenvalue weighted by atomic mass is 16.6. The Morgan fingerprint density at radius 3 is 2.68 bits per heavy atom. The average Bonchev–Trinajstić information content (AvgIpc) is 3.25. The maximum Gasteiger partial charge on any atom is 0.251 e. The zero-order valence-corrected chi connectivity index (χ0v) is 20.0. The lowest BCUT2D eigenvalue weighted by molar-refractivity contribution is 0.0551. The number of carbonyl (C=O) groups is 1. The molecule has 2 N–H and O–H groups in total. The SMILES string of the molecule is O=C(N[C@H]1CCc2cc(CCNC3CCC3)ccc2C1)c1ccc(O[C@@H]2CC23CCCO3)cc1. The van der Waals surface area contributed by atoms with E-state index < -0.39 is 0 Å². The van der Waals surface area contributed by atoms with Crippen LogP contribution in [-0.4, -0.2) is 42.8 Å². The Labute approximate surface area is 202 Å². The minimum absolute atomic E-state index is 0.000655. The van der Waals surface area contributed by atoms with Crippen LogP contribution in [0.5, 0.6) is 5.75 Å². The van der Waals surface area contributed by atoms with E-state index in [2.05, 4.69) is 28.8 Å². The molecule has 1 unspecified atom stereocenters. The van der Waals surface area contributed by atoms with Crippen LogP contribution >= 0.6 is 0 Å². The van der Waals surface area contributed by atoms with Crippen LogP contribution in [-0.2, 0) is 24.0 Å². The third-order valence-corrected chi connectivity index (χ3v) is 8.27. The second-order valence-corrected chi connectivity index (χ2v) is 10.7. The number of hydrogen-bond acceptors (Lipinski definition) is 4. The molecular formula is C29H36N2O3. The van der Waals surface area contributed by atoms with Gasteiger partial charge >= 0.3 is 0 Å². The fourth-order valence-corrected chi connectivity index (χ4v) is 5.78. The Balaban J connectivity index is 0.988. The second-order valence-electron chi connectivity index (χ2n) is 10.7. The molecule has 1 heterocycles. The van der Waals surface area contributed by atoms with Gasteiger partial charge in [-0.05, 0) is 98.9 Å². The van der Waals surface area contributed by atoms with E-state index in [0.717, 1.165) is 69.9 Å². The lowest BCUT2D eigenvalue weighted by Crippen LogP contribution is -2.39. The van der Waals surface area contributed by atoms with Gasteiger partial charge in [-0.1, -0.05) is 24.6 Å². The number of rotatable bonds is 8. The Morgan fingerprint density at radius 1 is 1.03 bits per heavy atom. The topological polar surface area (TPSA) is 59.6 Å². The summed E-state index contributed by atoms with van der Waals surface area (Å²) in [6.45, 7) is 1.92. The van der Waals surface area contributed by atoms with Gasteiger partial charge in [0.2, 0.25) is 0 Å². The molecule has 5 nitrogen and oxygen atoms in total. The molecule has 2 aromatic rings. The van der Waals surface area contributed by atoms with Crippen molar-refractivity contribution in [2.45, 2.75) is 88.0 Å². The molecule has 1 amide bonds. The van der Waals surface area contributed by atoms with Gasteiger partial charge in [0.05, 0.1) is 0 Å². The maximum atomic E-state index is 12.9. The van der Waals surface area contributed by atoms with Gasteiger partial charge < -0.3 is 20.1 Å². The summed E-state index contributed by atoms with van der Waals surface area (Å²) < 4.78 is 11.9. The molecule has 6 rings (SSSR count). The standard InChI is InChI=1S/C29H36N2O3/c32-28(21-8-11-26(12-9-21)34-27-19-29(27)14-2-16-33-29)31-25-10-7-22-17-20(5-6-23(22)18-25)13-15-30-24-3-1-4-24/h5-6,8-9,11-12,17,24-25,27,30H,1-4,7,10,13-16,18-19H2,(H,31,32)/t25-,27+,29?/m0/s1. The molecule has 1 aliphatic heterocycles. The molecule has 2 aromatic carbocycles. The van der Waals surface area contributed by atoms with E-state index in [4.69, 9.17) is 9.47 Å². The Kier molecular flexibility index (Phi) is 6.08. The number of fused-ring (bicyclic) bond motifs is 1. The number of benzene rings is 2. The van der Waals surface area contributed by atoms with Gasteiger partial charge in [-0.15, -0.1) is 0 Å². The quantitative estimate of drug-likeness (QED) is 0.615. The smallest absolute Gasteiger partial charge is 0.251 e. The highest BCUT2D eigenvalue weighted by Gasteiger charge is 2.59. The fraction of sp³-hybridized carbons (Fsp3) is 0.552. The summed E-state index contributed by atoms with van der Waals surface area (Å²) in [7, 11) is 0. The van der Waals surface area contributed by atoms with E-state index in [1.165, 1.54) is 36.0 Å². The number of aryl methyl sites for hydroxylation is 1. The zero-order chi connectivity index (χ0) is 23.0. The van der Waals surface area contributed by atoms with Crippen molar-refractivity contribution in [2.24, 2.45) is 0 Å². The van der Waals surface area contributed by atoms with Crippen molar-refractivity contribution in [3.05, 3.63) is 64.7 Å². The van der Waals surface area contributed by atoms with E-state index in [0.29, 0.717) is 5.56 Å². The predicted molar refractivity (Wildman–Crippen MR) is 132 cm³/mol. The lowest BCUT2D eigenvalue weighted by atomic mass is 9.86. The Morgan fingerprint density at radius 2 is 1.91 bits per heavy atom. The van der Waals surface area contributed by atoms with Gasteiger partial charge in [-0.3, -0.25) is 4.79 Å². The largest absolute Gasteiger partial charge is 0.487 e. The minimum atomic E-state index is -0.0268. The molecule has 2 saturated carbocycles. The average molecular weight is 461 g/mol. The molecule has 34 heavy (non-hydrogen) atoms. The number of nitrogens with one attached hydrogen (secondary N) is 2. The van der Waals surface area contributed by atoms with Gasteiger partial charge in [0.25, 0.3) is 5.91 Å². The molecule has 3 atom stereocenters. The van der Waals surface area contributed by atoms with Gasteiger partial charge in [0.15, 0.2) is 0 Å². The summed E-state index contributed by atoms with van der Waals surface area (Å²) in [4.78, 5) is 12.9. The first-order chi connectivity index (χ1) is 16.7. The molecule has 3 aliphatic carbocycles. The summed E-state index contributed by atoms with van der Waals surface area (Å²) in [5.41, 5.74) is 4.92. The molecule has 0 radical (unpaired) electrons. The third-order valence-electron chi connectivity index (χ3n) is 8.27. The summed E-state index contributed by atoms with van der Waals surface area (Å²) in [6, 6.07) is 15.4. The Hall–Kier alpha value is -2.37. The van der Waals surface area contributed by atoms with E-state index >= 15 is 0 Å². The second kappa shape index (κ2) is 9.35. The van der Waals surface area contributed by atoms with E-state index in [1.807, 2.05) is 24.3 Å². The fourth-order valence-electron chi connectivity index (χ4n) is 5.78. The van der Waals surface area contributed by atoms with Crippen molar-refractivity contribution < 1.29 is 14.3 Å². The number of ether oxygens (including phenoxy) is 2. The van der Waals surface area contributed by atoms with Crippen molar-refractivity contribution in [1.82, 2.24) is 10.6 Å². The summed E-state index contributed by atoms with van der Waals surface area (Å²) in [5.74, 6) is 0.819. The van der Waals surface area contributed by atoms with Crippen LogP contribution < -0.4 is 15.4 Å². The maximum absolute atomic E-state index is 12.9. The number of hydrogen-bond donors (Lipinski definition) is 2.